The summed E-state index contributed by atoms with van der Waals surface area (Å²) < 4.78 is 54.5. The fraction of sp³-hybridized carbons (Fsp3) is 0.529. The number of carbonyl (C=O) groups is 2. The van der Waals surface area contributed by atoms with Crippen molar-refractivity contribution in [3.8, 4) is 5.75 Å². The van der Waals surface area contributed by atoms with Gasteiger partial charge in [-0.3, -0.25) is 4.79 Å². The van der Waals surface area contributed by atoms with Crippen LogP contribution in [-0.2, 0) is 16.0 Å². The fourth-order valence-corrected chi connectivity index (χ4v) is 3.27. The van der Waals surface area contributed by atoms with Crippen LogP contribution in [-0.4, -0.2) is 47.0 Å². The van der Waals surface area contributed by atoms with Crippen LogP contribution >= 0.6 is 0 Å². The van der Waals surface area contributed by atoms with Crippen LogP contribution in [0.4, 0.5) is 17.6 Å². The quantitative estimate of drug-likeness (QED) is 0.804. The number of likely N-dealkylation sites (tertiary alicyclic amines) is 1. The van der Waals surface area contributed by atoms with E-state index in [1.54, 1.807) is 0 Å². The monoisotopic (exact) mass is 375 g/mol. The maximum absolute atomic E-state index is 14.2. The third-order valence-electron chi connectivity index (χ3n) is 4.90. The molecule has 0 radical (unpaired) electrons. The highest BCUT2D eigenvalue weighted by molar-refractivity contribution is 5.88. The Morgan fingerprint density at radius 3 is 2.23 bits per heavy atom. The number of ether oxygens (including phenoxy) is 1. The highest BCUT2D eigenvalue weighted by atomic mass is 19.4. The third kappa shape index (κ3) is 3.76. The topological polar surface area (TPSA) is 66.8 Å². The summed E-state index contributed by atoms with van der Waals surface area (Å²) in [7, 11) is 0. The molecule has 1 aromatic carbocycles. The molecule has 0 aromatic heterocycles. The molecule has 1 aliphatic carbocycles. The van der Waals surface area contributed by atoms with Gasteiger partial charge in [0.2, 0.25) is 11.6 Å². The fourth-order valence-electron chi connectivity index (χ4n) is 3.27. The summed E-state index contributed by atoms with van der Waals surface area (Å²) in [5.41, 5.74) is -2.48. The Kier molecular flexibility index (Phi) is 4.36. The zero-order valence-electron chi connectivity index (χ0n) is 13.7. The van der Waals surface area contributed by atoms with Gasteiger partial charge in [0.1, 0.15) is 5.75 Å². The van der Waals surface area contributed by atoms with Crippen LogP contribution in [0.3, 0.4) is 0 Å². The van der Waals surface area contributed by atoms with Gasteiger partial charge in [0.05, 0.1) is 12.0 Å². The molecule has 1 aromatic rings. The molecule has 142 valence electrons. The van der Waals surface area contributed by atoms with Crippen LogP contribution in [0.25, 0.3) is 0 Å². The van der Waals surface area contributed by atoms with E-state index in [1.807, 2.05) is 0 Å². The van der Waals surface area contributed by atoms with Gasteiger partial charge in [-0.25, -0.2) is 9.18 Å². The molecule has 1 aliphatic heterocycles. The van der Waals surface area contributed by atoms with Gasteiger partial charge in [0.25, 0.3) is 0 Å². The molecule has 5 nitrogen and oxygen atoms in total. The first kappa shape index (κ1) is 18.5. The average Bonchev–Trinajstić information content (AvgIpc) is 3.21. The number of alkyl halides is 4. The standard InChI is InChI=1S/C17H17F4NO4/c18-16(14(24)25)7-8-22(10-16)13(23)15(5-6-15)9-11-1-3-12(4-2-11)26-17(19,20)21/h1-4H,5-10H2,(H,24,25). The zero-order valence-corrected chi connectivity index (χ0v) is 13.7. The molecule has 1 unspecified atom stereocenters. The molecule has 9 heteroatoms. The number of halogens is 4. The molecule has 2 aliphatic rings. The number of carboxylic acids is 1. The van der Waals surface area contributed by atoms with E-state index in [9.17, 15) is 27.2 Å². The summed E-state index contributed by atoms with van der Waals surface area (Å²) >= 11 is 0. The first-order valence-corrected chi connectivity index (χ1v) is 8.09. The number of hydrogen-bond donors (Lipinski definition) is 1. The van der Waals surface area contributed by atoms with Crippen molar-refractivity contribution in [2.24, 2.45) is 5.41 Å². The third-order valence-corrected chi connectivity index (χ3v) is 4.90. The molecule has 2 fully saturated rings. The lowest BCUT2D eigenvalue weighted by Crippen LogP contribution is -2.42. The Labute approximate surface area is 146 Å². The number of hydrogen-bond acceptors (Lipinski definition) is 3. The van der Waals surface area contributed by atoms with Crippen molar-refractivity contribution in [2.75, 3.05) is 13.1 Å². The van der Waals surface area contributed by atoms with Crippen molar-refractivity contribution >= 4 is 11.9 Å². The molecule has 0 spiro atoms. The molecule has 0 bridgehead atoms. The van der Waals surface area contributed by atoms with Crippen molar-refractivity contribution in [3.05, 3.63) is 29.8 Å². The number of nitrogens with zero attached hydrogens (tertiary/aromatic N) is 1. The second-order valence-electron chi connectivity index (χ2n) is 6.90. The van der Waals surface area contributed by atoms with E-state index in [0.717, 1.165) is 0 Å². The lowest BCUT2D eigenvalue weighted by atomic mass is 9.95. The minimum atomic E-state index is -4.77. The molecule has 3 rings (SSSR count). The minimum absolute atomic E-state index is 0.0434. The molecule has 1 atom stereocenters. The Bertz CT molecular complexity index is 714. The second-order valence-corrected chi connectivity index (χ2v) is 6.90. The average molecular weight is 375 g/mol. The predicted octanol–water partition coefficient (Wildman–Crippen LogP) is 2.93. The van der Waals surface area contributed by atoms with Crippen molar-refractivity contribution in [3.63, 3.8) is 0 Å². The van der Waals surface area contributed by atoms with Gasteiger partial charge < -0.3 is 14.7 Å². The highest BCUT2D eigenvalue weighted by Crippen LogP contribution is 2.51. The summed E-state index contributed by atoms with van der Waals surface area (Å²) in [5, 5.41) is 8.93. The van der Waals surface area contributed by atoms with Gasteiger partial charge in [-0.2, -0.15) is 0 Å². The minimum Gasteiger partial charge on any atom is -0.479 e. The molecular weight excluding hydrogens is 358 g/mol. The van der Waals surface area contributed by atoms with Crippen LogP contribution < -0.4 is 4.74 Å². The molecule has 1 saturated carbocycles. The Hall–Kier alpha value is -2.32. The lowest BCUT2D eigenvalue weighted by Gasteiger charge is -2.24. The lowest BCUT2D eigenvalue weighted by molar-refractivity contribution is -0.274. The number of carbonyl (C=O) groups excluding carboxylic acids is 1. The summed E-state index contributed by atoms with van der Waals surface area (Å²) in [5.74, 6) is -2.22. The van der Waals surface area contributed by atoms with Crippen molar-refractivity contribution < 1.29 is 37.0 Å². The van der Waals surface area contributed by atoms with E-state index in [-0.39, 0.29) is 24.6 Å². The van der Waals surface area contributed by atoms with Gasteiger partial charge in [0.15, 0.2) is 0 Å². The van der Waals surface area contributed by atoms with Crippen LogP contribution in [0.1, 0.15) is 24.8 Å². The van der Waals surface area contributed by atoms with Crippen LogP contribution in [0.15, 0.2) is 24.3 Å². The summed E-state index contributed by atoms with van der Waals surface area (Å²) in [4.78, 5) is 24.9. The van der Waals surface area contributed by atoms with Gasteiger partial charge in [-0.1, -0.05) is 12.1 Å². The first-order valence-electron chi connectivity index (χ1n) is 8.09. The maximum atomic E-state index is 14.2. The maximum Gasteiger partial charge on any atom is 0.573 e. The number of benzene rings is 1. The second kappa shape index (κ2) is 6.14. The Morgan fingerprint density at radius 2 is 1.77 bits per heavy atom. The van der Waals surface area contributed by atoms with Crippen LogP contribution in [0.2, 0.25) is 0 Å². The van der Waals surface area contributed by atoms with Gasteiger partial charge in [-0.05, 0) is 37.0 Å². The summed E-state index contributed by atoms with van der Waals surface area (Å²) in [6.07, 6.45) is -3.55. The summed E-state index contributed by atoms with van der Waals surface area (Å²) in [6.45, 7) is -0.428. The van der Waals surface area contributed by atoms with Gasteiger partial charge >= 0.3 is 12.3 Å². The van der Waals surface area contributed by atoms with Crippen molar-refractivity contribution in [1.82, 2.24) is 4.90 Å². The number of rotatable bonds is 5. The number of amides is 1. The van der Waals surface area contributed by atoms with Gasteiger partial charge in [-0.15, -0.1) is 13.2 Å². The molecule has 1 amide bonds. The van der Waals surface area contributed by atoms with Gasteiger partial charge in [0, 0.05) is 13.0 Å². The summed E-state index contributed by atoms with van der Waals surface area (Å²) in [6, 6.07) is 5.26. The van der Waals surface area contributed by atoms with Crippen LogP contribution in [0.5, 0.6) is 5.75 Å². The smallest absolute Gasteiger partial charge is 0.479 e. The Balaban J connectivity index is 1.65. The Morgan fingerprint density at radius 1 is 1.15 bits per heavy atom. The van der Waals surface area contributed by atoms with E-state index in [0.29, 0.717) is 24.8 Å². The van der Waals surface area contributed by atoms with Crippen LogP contribution in [0, 0.1) is 5.41 Å². The predicted molar refractivity (Wildman–Crippen MR) is 81.2 cm³/mol. The SMILES string of the molecule is O=C(O)C1(F)CCN(C(=O)C2(Cc3ccc(OC(F)(F)F)cc3)CC2)C1. The van der Waals surface area contributed by atoms with Crippen molar-refractivity contribution in [2.45, 2.75) is 37.7 Å². The van der Waals surface area contributed by atoms with E-state index in [2.05, 4.69) is 4.74 Å². The van der Waals surface area contributed by atoms with Crippen molar-refractivity contribution in [1.29, 1.82) is 0 Å². The van der Waals surface area contributed by atoms with E-state index >= 15 is 0 Å². The number of carboxylic acid groups (broad SMARTS) is 1. The molecule has 1 saturated heterocycles. The van der Waals surface area contributed by atoms with E-state index in [4.69, 9.17) is 5.11 Å². The highest BCUT2D eigenvalue weighted by Gasteiger charge is 2.55. The molecular formula is C17H17F4NO4. The van der Waals surface area contributed by atoms with E-state index < -0.39 is 30.0 Å². The largest absolute Gasteiger partial charge is 0.573 e. The number of aliphatic carboxylic acids is 1. The normalized spacial score (nSPS) is 24.4. The zero-order chi connectivity index (χ0) is 19.2. The molecule has 1 heterocycles. The first-order chi connectivity index (χ1) is 12.0. The molecule has 1 N–H and O–H groups in total. The van der Waals surface area contributed by atoms with E-state index in [1.165, 1.54) is 29.2 Å². The molecule has 26 heavy (non-hydrogen) atoms.